The molecule has 3 N–H and O–H groups in total. The number of hydrogen-bond donors (Lipinski definition) is 2. The van der Waals surface area contributed by atoms with E-state index in [0.29, 0.717) is 16.9 Å². The minimum absolute atomic E-state index is 0.0554. The molecule has 0 atom stereocenters. The molecule has 0 heterocycles. The van der Waals surface area contributed by atoms with E-state index in [0.717, 1.165) is 10.2 Å². The van der Waals surface area contributed by atoms with Crippen molar-refractivity contribution in [2.45, 2.75) is 0 Å². The maximum atomic E-state index is 12.0. The van der Waals surface area contributed by atoms with Crippen molar-refractivity contribution in [1.29, 1.82) is 0 Å². The first kappa shape index (κ1) is 14.4. The Kier molecular flexibility index (Phi) is 4.29. The van der Waals surface area contributed by atoms with Crippen LogP contribution in [0.25, 0.3) is 0 Å². The van der Waals surface area contributed by atoms with Crippen molar-refractivity contribution in [3.8, 4) is 0 Å². The zero-order valence-electron chi connectivity index (χ0n) is 11.4. The van der Waals surface area contributed by atoms with Gasteiger partial charge in [0.1, 0.15) is 0 Å². The molecular formula is C15H16BrN3O. The molecule has 1 amide bonds. The van der Waals surface area contributed by atoms with Crippen molar-refractivity contribution in [3.05, 3.63) is 52.5 Å². The lowest BCUT2D eigenvalue weighted by Crippen LogP contribution is -2.21. The van der Waals surface area contributed by atoms with Crippen LogP contribution in [0.15, 0.2) is 46.9 Å². The van der Waals surface area contributed by atoms with Crippen LogP contribution in [-0.2, 0) is 0 Å². The third-order valence-electron chi connectivity index (χ3n) is 2.85. The highest BCUT2D eigenvalue weighted by Crippen LogP contribution is 2.29. The summed E-state index contributed by atoms with van der Waals surface area (Å²) in [6.07, 6.45) is 0. The molecule has 0 fully saturated rings. The van der Waals surface area contributed by atoms with E-state index in [9.17, 15) is 4.79 Å². The second-order valence-electron chi connectivity index (χ2n) is 4.61. The summed E-state index contributed by atoms with van der Waals surface area (Å²) in [6, 6.07) is 13.0. The molecule has 0 aromatic heterocycles. The summed E-state index contributed by atoms with van der Waals surface area (Å²) in [6.45, 7) is 0. The van der Waals surface area contributed by atoms with Crippen LogP contribution < -0.4 is 11.1 Å². The van der Waals surface area contributed by atoms with Gasteiger partial charge < -0.3 is 16.0 Å². The molecule has 104 valence electrons. The Bertz CT molecular complexity index is 641. The molecule has 2 aromatic carbocycles. The number of carbonyl (C=O) groups is 1. The minimum atomic E-state index is -0.0554. The van der Waals surface area contributed by atoms with Crippen LogP contribution in [0, 0.1) is 0 Å². The average Bonchev–Trinajstić information content (AvgIpc) is 2.42. The molecule has 0 saturated carbocycles. The molecule has 2 aromatic rings. The van der Waals surface area contributed by atoms with E-state index >= 15 is 0 Å². The van der Waals surface area contributed by atoms with Gasteiger partial charge in [0.05, 0.1) is 17.1 Å². The van der Waals surface area contributed by atoms with Crippen molar-refractivity contribution < 1.29 is 4.79 Å². The lowest BCUT2D eigenvalue weighted by Gasteiger charge is -2.14. The molecule has 0 saturated heterocycles. The number of amides is 1. The number of nitrogens with two attached hydrogens (primary N) is 1. The minimum Gasteiger partial charge on any atom is -0.397 e. The Labute approximate surface area is 126 Å². The summed E-state index contributed by atoms with van der Waals surface area (Å²) in [5, 5.41) is 3.23. The zero-order chi connectivity index (χ0) is 14.7. The van der Waals surface area contributed by atoms with Crippen molar-refractivity contribution in [2.75, 3.05) is 25.1 Å². The van der Waals surface area contributed by atoms with Crippen LogP contribution in [0.4, 0.5) is 17.1 Å². The van der Waals surface area contributed by atoms with Crippen LogP contribution in [0.2, 0.25) is 0 Å². The van der Waals surface area contributed by atoms with E-state index in [1.165, 1.54) is 4.90 Å². The van der Waals surface area contributed by atoms with Crippen LogP contribution >= 0.6 is 15.9 Å². The molecule has 20 heavy (non-hydrogen) atoms. The third kappa shape index (κ3) is 3.11. The highest BCUT2D eigenvalue weighted by molar-refractivity contribution is 9.10. The summed E-state index contributed by atoms with van der Waals surface area (Å²) in [4.78, 5) is 13.5. The van der Waals surface area contributed by atoms with Gasteiger partial charge in [-0.2, -0.15) is 0 Å². The molecule has 0 radical (unpaired) electrons. The predicted molar refractivity (Wildman–Crippen MR) is 86.3 cm³/mol. The summed E-state index contributed by atoms with van der Waals surface area (Å²) >= 11 is 3.47. The first-order valence-electron chi connectivity index (χ1n) is 6.12. The highest BCUT2D eigenvalue weighted by Gasteiger charge is 2.11. The first-order chi connectivity index (χ1) is 9.49. The molecule has 0 bridgehead atoms. The highest BCUT2D eigenvalue weighted by atomic mass is 79.9. The lowest BCUT2D eigenvalue weighted by atomic mass is 10.1. The molecule has 4 nitrogen and oxygen atoms in total. The van der Waals surface area contributed by atoms with Crippen molar-refractivity contribution in [1.82, 2.24) is 4.90 Å². The second-order valence-corrected chi connectivity index (χ2v) is 5.46. The molecule has 5 heteroatoms. The number of nitrogens with one attached hydrogen (secondary N) is 1. The molecular weight excluding hydrogens is 318 g/mol. The Morgan fingerprint density at radius 1 is 1.15 bits per heavy atom. The van der Waals surface area contributed by atoms with Gasteiger partial charge >= 0.3 is 0 Å². The van der Waals surface area contributed by atoms with E-state index in [1.807, 2.05) is 24.3 Å². The van der Waals surface area contributed by atoms with E-state index in [2.05, 4.69) is 21.2 Å². The largest absolute Gasteiger partial charge is 0.397 e. The van der Waals surface area contributed by atoms with Gasteiger partial charge in [0.15, 0.2) is 0 Å². The lowest BCUT2D eigenvalue weighted by molar-refractivity contribution is 0.0827. The van der Waals surface area contributed by atoms with Gasteiger partial charge in [0.2, 0.25) is 0 Å². The number of hydrogen-bond acceptors (Lipinski definition) is 3. The Morgan fingerprint density at radius 3 is 2.50 bits per heavy atom. The van der Waals surface area contributed by atoms with Crippen molar-refractivity contribution in [2.24, 2.45) is 0 Å². The molecule has 0 aliphatic carbocycles. The average molecular weight is 334 g/mol. The monoisotopic (exact) mass is 333 g/mol. The zero-order valence-corrected chi connectivity index (χ0v) is 12.9. The molecule has 0 aliphatic heterocycles. The number of nitrogens with zero attached hydrogens (tertiary/aromatic N) is 1. The van der Waals surface area contributed by atoms with Crippen molar-refractivity contribution >= 4 is 38.9 Å². The van der Waals surface area contributed by atoms with Gasteiger partial charge in [0, 0.05) is 24.1 Å². The maximum Gasteiger partial charge on any atom is 0.253 e. The fraction of sp³-hybridized carbons (Fsp3) is 0.133. The molecule has 0 unspecified atom stereocenters. The number of anilines is 3. The number of carbonyl (C=O) groups excluding carboxylic acids is 1. The maximum absolute atomic E-state index is 12.0. The van der Waals surface area contributed by atoms with E-state index in [1.54, 1.807) is 32.3 Å². The third-order valence-corrected chi connectivity index (χ3v) is 3.54. The SMILES string of the molecule is CN(C)C(=O)c1ccc(N)c(Nc2ccccc2Br)c1. The Hall–Kier alpha value is -2.01. The first-order valence-corrected chi connectivity index (χ1v) is 6.91. The summed E-state index contributed by atoms with van der Waals surface area (Å²) in [5.41, 5.74) is 8.76. The number of halogens is 1. The van der Waals surface area contributed by atoms with Gasteiger partial charge in [-0.25, -0.2) is 0 Å². The van der Waals surface area contributed by atoms with Gasteiger partial charge in [-0.1, -0.05) is 12.1 Å². The summed E-state index contributed by atoms with van der Waals surface area (Å²) in [5.74, 6) is -0.0554. The van der Waals surface area contributed by atoms with E-state index < -0.39 is 0 Å². The topological polar surface area (TPSA) is 58.4 Å². The van der Waals surface area contributed by atoms with Crippen LogP contribution in [0.5, 0.6) is 0 Å². The predicted octanol–water partition coefficient (Wildman–Crippen LogP) is 3.48. The van der Waals surface area contributed by atoms with Gasteiger partial charge in [0.25, 0.3) is 5.91 Å². The normalized spacial score (nSPS) is 10.2. The summed E-state index contributed by atoms with van der Waals surface area (Å²) in [7, 11) is 3.44. The Morgan fingerprint density at radius 2 is 1.85 bits per heavy atom. The van der Waals surface area contributed by atoms with Gasteiger partial charge in [-0.05, 0) is 46.3 Å². The van der Waals surface area contributed by atoms with Crippen LogP contribution in [-0.4, -0.2) is 24.9 Å². The van der Waals surface area contributed by atoms with Crippen molar-refractivity contribution in [3.63, 3.8) is 0 Å². The van der Waals surface area contributed by atoms with Gasteiger partial charge in [-0.15, -0.1) is 0 Å². The quantitative estimate of drug-likeness (QED) is 0.845. The Balaban J connectivity index is 2.35. The van der Waals surface area contributed by atoms with Crippen LogP contribution in [0.1, 0.15) is 10.4 Å². The summed E-state index contributed by atoms with van der Waals surface area (Å²) < 4.78 is 0.934. The van der Waals surface area contributed by atoms with Crippen LogP contribution in [0.3, 0.4) is 0 Å². The standard InChI is InChI=1S/C15H16BrN3O/c1-19(2)15(20)10-7-8-12(17)14(9-10)18-13-6-4-3-5-11(13)16/h3-9,18H,17H2,1-2H3. The molecule has 2 rings (SSSR count). The smallest absolute Gasteiger partial charge is 0.253 e. The fourth-order valence-corrected chi connectivity index (χ4v) is 2.15. The van der Waals surface area contributed by atoms with E-state index in [4.69, 9.17) is 5.73 Å². The number of nitrogen functional groups attached to an aromatic ring is 1. The second kappa shape index (κ2) is 5.96. The number of rotatable bonds is 3. The number of para-hydroxylation sites is 1. The fourth-order valence-electron chi connectivity index (χ4n) is 1.76. The molecule has 0 spiro atoms. The van der Waals surface area contributed by atoms with E-state index in [-0.39, 0.29) is 5.91 Å². The molecule has 0 aliphatic rings. The van der Waals surface area contributed by atoms with Gasteiger partial charge in [-0.3, -0.25) is 4.79 Å². The number of benzene rings is 2.